The lowest BCUT2D eigenvalue weighted by Gasteiger charge is -2.21. The minimum atomic E-state index is -0.761. The van der Waals surface area contributed by atoms with Crippen LogP contribution in [-0.2, 0) is 0 Å². The molecule has 0 radical (unpaired) electrons. The van der Waals surface area contributed by atoms with Crippen LogP contribution in [0.5, 0.6) is 0 Å². The average Bonchev–Trinajstić information content (AvgIpc) is 2.75. The fourth-order valence-corrected chi connectivity index (χ4v) is 3.62. The Morgan fingerprint density at radius 1 is 0.667 bits per heavy atom. The van der Waals surface area contributed by atoms with E-state index < -0.39 is 6.23 Å². The highest BCUT2D eigenvalue weighted by Crippen LogP contribution is 2.12. The Balaban J connectivity index is 3.29. The molecule has 0 aliphatic heterocycles. The molecule has 0 bridgehead atoms. The Kier molecular flexibility index (Phi) is 24.8. The monoisotopic (exact) mass is 430 g/mol. The molecule has 0 saturated heterocycles. The average molecular weight is 431 g/mol. The van der Waals surface area contributed by atoms with Crippen LogP contribution in [0.15, 0.2) is 0 Å². The van der Waals surface area contributed by atoms with Crippen LogP contribution in [0.4, 0.5) is 0 Å². The maximum atomic E-state index is 10.0. The van der Waals surface area contributed by atoms with Crippen molar-refractivity contribution in [3.63, 3.8) is 0 Å². The van der Waals surface area contributed by atoms with Crippen LogP contribution in [0, 0.1) is 0 Å². The molecule has 1 unspecified atom stereocenters. The molecule has 0 amide bonds. The van der Waals surface area contributed by atoms with E-state index in [1.165, 1.54) is 64.2 Å². The third-order valence-corrected chi connectivity index (χ3v) is 5.68. The number of hydroxylamine groups is 2. The van der Waals surface area contributed by atoms with E-state index in [1.807, 2.05) is 0 Å². The first kappa shape index (κ1) is 29.8. The van der Waals surface area contributed by atoms with E-state index in [1.54, 1.807) is 0 Å². The first-order valence-corrected chi connectivity index (χ1v) is 13.0. The number of nitrogens with one attached hydrogen (secondary N) is 2. The largest absolute Gasteiger partial charge is 0.376 e. The predicted octanol–water partition coefficient (Wildman–Crippen LogP) is 4.40. The van der Waals surface area contributed by atoms with Gasteiger partial charge in [-0.05, 0) is 58.4 Å². The van der Waals surface area contributed by atoms with E-state index >= 15 is 0 Å². The smallest absolute Gasteiger partial charge is 0.130 e. The molecule has 0 aliphatic rings. The number of nitrogens with zero attached hydrogens (tertiary/aromatic N) is 1. The van der Waals surface area contributed by atoms with E-state index in [0.29, 0.717) is 13.0 Å². The highest BCUT2D eigenvalue weighted by Gasteiger charge is 2.11. The molecule has 0 aromatic heterocycles. The van der Waals surface area contributed by atoms with E-state index in [2.05, 4.69) is 17.6 Å². The molecule has 6 N–H and O–H groups in total. The summed E-state index contributed by atoms with van der Waals surface area (Å²) in [5, 5.41) is 27.8. The topological polar surface area (TPSA) is 93.8 Å². The normalized spacial score (nSPS) is 12.7. The second kappa shape index (κ2) is 25.0. The third kappa shape index (κ3) is 22.4. The molecule has 0 rings (SSSR count). The first-order valence-electron chi connectivity index (χ1n) is 13.0. The highest BCUT2D eigenvalue weighted by molar-refractivity contribution is 4.58. The van der Waals surface area contributed by atoms with Gasteiger partial charge in [0.2, 0.25) is 0 Å². The zero-order valence-electron chi connectivity index (χ0n) is 20.1. The Morgan fingerprint density at radius 3 is 1.67 bits per heavy atom. The van der Waals surface area contributed by atoms with Crippen LogP contribution in [0.3, 0.4) is 0 Å². The van der Waals surface area contributed by atoms with Gasteiger partial charge in [-0.15, -0.1) is 0 Å². The van der Waals surface area contributed by atoms with E-state index in [0.717, 1.165) is 69.9 Å². The summed E-state index contributed by atoms with van der Waals surface area (Å²) in [7, 11) is 0. The van der Waals surface area contributed by atoms with Crippen molar-refractivity contribution in [1.82, 2.24) is 15.7 Å². The lowest BCUT2D eigenvalue weighted by atomic mass is 10.1. The number of rotatable bonds is 25. The molecule has 30 heavy (non-hydrogen) atoms. The summed E-state index contributed by atoms with van der Waals surface area (Å²) in [5.74, 6) is 0. The van der Waals surface area contributed by atoms with Gasteiger partial charge in [-0.3, -0.25) is 0 Å². The van der Waals surface area contributed by atoms with E-state index in [4.69, 9.17) is 5.73 Å². The van der Waals surface area contributed by atoms with Crippen molar-refractivity contribution < 1.29 is 10.3 Å². The van der Waals surface area contributed by atoms with Crippen molar-refractivity contribution in [2.24, 2.45) is 5.73 Å². The first-order chi connectivity index (χ1) is 14.7. The third-order valence-electron chi connectivity index (χ3n) is 5.68. The molecule has 1 atom stereocenters. The van der Waals surface area contributed by atoms with Crippen molar-refractivity contribution in [2.45, 2.75) is 116 Å². The van der Waals surface area contributed by atoms with Crippen LogP contribution >= 0.6 is 0 Å². The summed E-state index contributed by atoms with van der Waals surface area (Å²) in [6, 6.07) is 0. The Hall–Kier alpha value is -0.240. The van der Waals surface area contributed by atoms with Gasteiger partial charge in [-0.1, -0.05) is 77.6 Å². The molecular formula is C24H54N4O2. The van der Waals surface area contributed by atoms with Crippen molar-refractivity contribution in [2.75, 3.05) is 39.3 Å². The van der Waals surface area contributed by atoms with E-state index in [-0.39, 0.29) is 0 Å². The lowest BCUT2D eigenvalue weighted by Crippen LogP contribution is -2.35. The van der Waals surface area contributed by atoms with E-state index in [9.17, 15) is 10.3 Å². The minimum absolute atomic E-state index is 0.559. The summed E-state index contributed by atoms with van der Waals surface area (Å²) in [5.41, 5.74) is 5.45. The van der Waals surface area contributed by atoms with Gasteiger partial charge >= 0.3 is 0 Å². The van der Waals surface area contributed by atoms with Crippen molar-refractivity contribution >= 4 is 0 Å². The number of hydrogen-bond donors (Lipinski definition) is 5. The van der Waals surface area contributed by atoms with Crippen molar-refractivity contribution in [3.05, 3.63) is 0 Å². The Labute approximate surface area is 187 Å². The zero-order chi connectivity index (χ0) is 22.1. The molecule has 0 saturated carbocycles. The van der Waals surface area contributed by atoms with Gasteiger partial charge in [-0.25, -0.2) is 0 Å². The molecule has 0 aromatic rings. The van der Waals surface area contributed by atoms with Gasteiger partial charge < -0.3 is 26.7 Å². The molecule has 6 heteroatoms. The number of unbranched alkanes of at least 4 members (excludes halogenated alkanes) is 12. The number of aliphatic hydroxyl groups excluding tert-OH is 1. The van der Waals surface area contributed by atoms with Crippen LogP contribution in [0.2, 0.25) is 0 Å². The Morgan fingerprint density at radius 2 is 1.13 bits per heavy atom. The predicted molar refractivity (Wildman–Crippen MR) is 129 cm³/mol. The maximum Gasteiger partial charge on any atom is 0.130 e. The Bertz CT molecular complexity index is 322. The minimum Gasteiger partial charge on any atom is -0.376 e. The van der Waals surface area contributed by atoms with Crippen molar-refractivity contribution in [1.29, 1.82) is 0 Å². The second-order valence-electron chi connectivity index (χ2n) is 8.67. The molecule has 182 valence electrons. The van der Waals surface area contributed by atoms with Crippen LogP contribution in [0.1, 0.15) is 110 Å². The molecule has 0 aromatic carbocycles. The van der Waals surface area contributed by atoms with Crippen molar-refractivity contribution in [3.8, 4) is 0 Å². The van der Waals surface area contributed by atoms with Gasteiger partial charge in [0, 0.05) is 13.0 Å². The number of hydrogen-bond acceptors (Lipinski definition) is 6. The molecule has 0 aliphatic carbocycles. The number of nitrogens with two attached hydrogens (primary N) is 1. The quantitative estimate of drug-likeness (QED) is 0.0837. The summed E-state index contributed by atoms with van der Waals surface area (Å²) in [4.78, 5) is 0. The zero-order valence-corrected chi connectivity index (χ0v) is 20.1. The summed E-state index contributed by atoms with van der Waals surface area (Å²) in [6.07, 6.45) is 18.8. The van der Waals surface area contributed by atoms with Gasteiger partial charge in [0.05, 0.1) is 0 Å². The summed E-state index contributed by atoms with van der Waals surface area (Å²) < 4.78 is 0. The van der Waals surface area contributed by atoms with Gasteiger partial charge in [0.1, 0.15) is 6.23 Å². The summed E-state index contributed by atoms with van der Waals surface area (Å²) >= 11 is 0. The SMILES string of the molecule is CCCCCCCCCCCCCCN(O)C(O)CCNCCCCNCCCN. The highest BCUT2D eigenvalue weighted by atomic mass is 16.5. The molecule has 0 heterocycles. The van der Waals surface area contributed by atoms with Crippen LogP contribution < -0.4 is 16.4 Å². The van der Waals surface area contributed by atoms with Gasteiger partial charge in [-0.2, -0.15) is 5.06 Å². The molecule has 0 spiro atoms. The van der Waals surface area contributed by atoms with Gasteiger partial charge in [0.15, 0.2) is 0 Å². The maximum absolute atomic E-state index is 10.0. The summed E-state index contributed by atoms with van der Waals surface area (Å²) in [6.45, 7) is 7.30. The lowest BCUT2D eigenvalue weighted by molar-refractivity contribution is -0.197. The molecular weight excluding hydrogens is 376 g/mol. The van der Waals surface area contributed by atoms with Gasteiger partial charge in [0.25, 0.3) is 0 Å². The fourth-order valence-electron chi connectivity index (χ4n) is 3.62. The molecule has 6 nitrogen and oxygen atoms in total. The number of aliphatic hydroxyl groups is 1. The van der Waals surface area contributed by atoms with Crippen LogP contribution in [0.25, 0.3) is 0 Å². The van der Waals surface area contributed by atoms with Crippen LogP contribution in [-0.4, -0.2) is 60.9 Å². The standard InChI is InChI=1S/C24H54N4O2/c1-2-3-4-5-6-7-8-9-10-11-12-15-23-28(30)24(29)17-22-27-20-14-13-19-26-21-16-18-25/h24,26-27,29-30H,2-23,25H2,1H3. The fraction of sp³-hybridized carbons (Fsp3) is 1.00. The second-order valence-corrected chi connectivity index (χ2v) is 8.67. The molecule has 0 fully saturated rings.